The van der Waals surface area contributed by atoms with Gasteiger partial charge in [-0.25, -0.2) is 0 Å². The summed E-state index contributed by atoms with van der Waals surface area (Å²) in [5.41, 5.74) is 0. The molecular weight excluding hydrogens is 126 g/mol. The van der Waals surface area contributed by atoms with Crippen LogP contribution in [0.2, 0.25) is 0 Å². The third-order valence-electron chi connectivity index (χ3n) is 1.02. The average molecular weight is 135 g/mol. The fourth-order valence-electron chi connectivity index (χ4n) is 0.573. The van der Waals surface area contributed by atoms with Gasteiger partial charge in [0.2, 0.25) is 0 Å². The molecule has 0 atom stereocenters. The van der Waals surface area contributed by atoms with E-state index in [1.54, 1.807) is 12.3 Å². The lowest BCUT2D eigenvalue weighted by Crippen LogP contribution is -1.57. The Labute approximate surface area is 59.8 Å². The zero-order chi connectivity index (χ0) is 7.23. The largest absolute Gasteiger partial charge is 0.357 e. The topological polar surface area (TPSA) is 26.0 Å². The normalized spacial score (nSPS) is 11.7. The highest BCUT2D eigenvalue weighted by Crippen LogP contribution is 1.98. The van der Waals surface area contributed by atoms with Crippen molar-refractivity contribution in [2.24, 2.45) is 0 Å². The Kier molecular flexibility index (Phi) is 2.49. The lowest BCUT2D eigenvalue weighted by atomic mass is 10.4. The van der Waals surface area contributed by atoms with Crippen LogP contribution in [-0.4, -0.2) is 5.16 Å². The summed E-state index contributed by atoms with van der Waals surface area (Å²) in [7, 11) is 0. The molecule has 2 nitrogen and oxygen atoms in total. The molecular formula is C8H9NO. The highest BCUT2D eigenvalue weighted by atomic mass is 16.5. The summed E-state index contributed by atoms with van der Waals surface area (Å²) >= 11 is 0. The molecule has 0 spiro atoms. The van der Waals surface area contributed by atoms with Crippen LogP contribution in [0.25, 0.3) is 6.08 Å². The molecule has 0 radical (unpaired) electrons. The predicted molar refractivity (Wildman–Crippen MR) is 40.4 cm³/mol. The molecule has 1 rings (SSSR count). The van der Waals surface area contributed by atoms with E-state index in [2.05, 4.69) is 5.16 Å². The van der Waals surface area contributed by atoms with E-state index in [9.17, 15) is 0 Å². The second kappa shape index (κ2) is 3.67. The van der Waals surface area contributed by atoms with E-state index < -0.39 is 0 Å². The Hall–Kier alpha value is -1.31. The van der Waals surface area contributed by atoms with Crippen LogP contribution in [0, 0.1) is 0 Å². The van der Waals surface area contributed by atoms with E-state index in [0.29, 0.717) is 0 Å². The summed E-state index contributed by atoms with van der Waals surface area (Å²) < 4.78 is 4.81. The molecule has 52 valence electrons. The molecule has 1 aromatic heterocycles. The molecule has 2 heteroatoms. The standard InChI is InChI=1S/C8H9NO/c1-2-3-4-5-8-6-7-9-10-8/h2-7H,1H3. The van der Waals surface area contributed by atoms with Gasteiger partial charge in [-0.05, 0) is 13.0 Å². The molecule has 0 saturated carbocycles. The Bertz CT molecular complexity index is 221. The predicted octanol–water partition coefficient (Wildman–Crippen LogP) is 2.26. The van der Waals surface area contributed by atoms with Crippen molar-refractivity contribution in [3.63, 3.8) is 0 Å². The Morgan fingerprint density at radius 2 is 2.40 bits per heavy atom. The van der Waals surface area contributed by atoms with Crippen molar-refractivity contribution in [3.05, 3.63) is 36.3 Å². The number of hydrogen-bond donors (Lipinski definition) is 0. The monoisotopic (exact) mass is 135 g/mol. The number of hydrogen-bond acceptors (Lipinski definition) is 2. The quantitative estimate of drug-likeness (QED) is 0.581. The van der Waals surface area contributed by atoms with E-state index in [1.165, 1.54) is 0 Å². The molecule has 0 aliphatic heterocycles. The first kappa shape index (κ1) is 6.81. The van der Waals surface area contributed by atoms with Gasteiger partial charge in [0.25, 0.3) is 0 Å². The second-order valence-electron chi connectivity index (χ2n) is 1.80. The van der Waals surface area contributed by atoms with Crippen molar-refractivity contribution < 1.29 is 4.52 Å². The van der Waals surface area contributed by atoms with Gasteiger partial charge >= 0.3 is 0 Å². The summed E-state index contributed by atoms with van der Waals surface area (Å²) in [4.78, 5) is 0. The molecule has 0 amide bonds. The lowest BCUT2D eigenvalue weighted by molar-refractivity contribution is 0.413. The Morgan fingerprint density at radius 1 is 1.50 bits per heavy atom. The minimum Gasteiger partial charge on any atom is -0.357 e. The molecule has 1 aromatic rings. The molecule has 0 saturated heterocycles. The summed E-state index contributed by atoms with van der Waals surface area (Å²) in [5, 5.41) is 3.55. The van der Waals surface area contributed by atoms with Gasteiger partial charge in [0.15, 0.2) is 5.76 Å². The third kappa shape index (κ3) is 1.90. The van der Waals surface area contributed by atoms with E-state index in [1.807, 2.05) is 31.2 Å². The molecule has 0 bridgehead atoms. The summed E-state index contributed by atoms with van der Waals surface area (Å²) in [6, 6.07) is 1.81. The first-order valence-electron chi connectivity index (χ1n) is 3.13. The summed E-state index contributed by atoms with van der Waals surface area (Å²) in [6.45, 7) is 1.96. The van der Waals surface area contributed by atoms with Gasteiger partial charge in [0.1, 0.15) is 0 Å². The van der Waals surface area contributed by atoms with Crippen molar-refractivity contribution in [2.75, 3.05) is 0 Å². The van der Waals surface area contributed by atoms with Gasteiger partial charge in [0.05, 0.1) is 6.20 Å². The van der Waals surface area contributed by atoms with E-state index in [0.717, 1.165) is 5.76 Å². The Morgan fingerprint density at radius 3 is 3.00 bits per heavy atom. The minimum atomic E-state index is 0.776. The van der Waals surface area contributed by atoms with Gasteiger partial charge in [-0.3, -0.25) is 0 Å². The van der Waals surface area contributed by atoms with Gasteiger partial charge in [0, 0.05) is 6.07 Å². The maximum atomic E-state index is 4.81. The lowest BCUT2D eigenvalue weighted by Gasteiger charge is -1.75. The fraction of sp³-hybridized carbons (Fsp3) is 0.125. The van der Waals surface area contributed by atoms with Crippen LogP contribution in [0.4, 0.5) is 0 Å². The average Bonchev–Trinajstić information content (AvgIpc) is 2.41. The maximum absolute atomic E-state index is 4.81. The van der Waals surface area contributed by atoms with Crippen molar-refractivity contribution in [3.8, 4) is 0 Å². The zero-order valence-corrected chi connectivity index (χ0v) is 5.82. The second-order valence-corrected chi connectivity index (χ2v) is 1.80. The van der Waals surface area contributed by atoms with Crippen LogP contribution >= 0.6 is 0 Å². The zero-order valence-electron chi connectivity index (χ0n) is 5.82. The highest BCUT2D eigenvalue weighted by molar-refractivity contribution is 5.43. The van der Waals surface area contributed by atoms with Crippen LogP contribution in [-0.2, 0) is 0 Å². The van der Waals surface area contributed by atoms with E-state index in [4.69, 9.17) is 4.52 Å². The molecule has 0 aromatic carbocycles. The van der Waals surface area contributed by atoms with Crippen LogP contribution < -0.4 is 0 Å². The number of nitrogens with zero attached hydrogens (tertiary/aromatic N) is 1. The smallest absolute Gasteiger partial charge is 0.159 e. The number of allylic oxidation sites excluding steroid dienone is 3. The summed E-state index contributed by atoms with van der Waals surface area (Å²) in [6.07, 6.45) is 9.26. The van der Waals surface area contributed by atoms with Crippen LogP contribution in [0.15, 0.2) is 35.0 Å². The van der Waals surface area contributed by atoms with Crippen molar-refractivity contribution in [1.29, 1.82) is 0 Å². The minimum absolute atomic E-state index is 0.776. The van der Waals surface area contributed by atoms with Gasteiger partial charge < -0.3 is 4.52 Å². The van der Waals surface area contributed by atoms with Crippen molar-refractivity contribution in [1.82, 2.24) is 5.16 Å². The SMILES string of the molecule is CC=CC=Cc1ccno1. The summed E-state index contributed by atoms with van der Waals surface area (Å²) in [5.74, 6) is 0.776. The molecule has 0 unspecified atom stereocenters. The number of aromatic nitrogens is 1. The van der Waals surface area contributed by atoms with Crippen LogP contribution in [0.5, 0.6) is 0 Å². The highest BCUT2D eigenvalue weighted by Gasteiger charge is 1.84. The first-order chi connectivity index (χ1) is 4.93. The van der Waals surface area contributed by atoms with Crippen LogP contribution in [0.3, 0.4) is 0 Å². The van der Waals surface area contributed by atoms with Crippen molar-refractivity contribution >= 4 is 6.08 Å². The Balaban J connectivity index is 2.55. The molecule has 0 aliphatic rings. The van der Waals surface area contributed by atoms with Crippen LogP contribution in [0.1, 0.15) is 12.7 Å². The molecule has 1 heterocycles. The molecule has 0 fully saturated rings. The first-order valence-corrected chi connectivity index (χ1v) is 3.13. The molecule has 0 aliphatic carbocycles. The molecule has 10 heavy (non-hydrogen) atoms. The van der Waals surface area contributed by atoms with E-state index in [-0.39, 0.29) is 0 Å². The van der Waals surface area contributed by atoms with Gasteiger partial charge in [-0.15, -0.1) is 0 Å². The molecule has 0 N–H and O–H groups in total. The van der Waals surface area contributed by atoms with E-state index >= 15 is 0 Å². The maximum Gasteiger partial charge on any atom is 0.159 e. The van der Waals surface area contributed by atoms with Gasteiger partial charge in [-0.1, -0.05) is 23.4 Å². The van der Waals surface area contributed by atoms with Gasteiger partial charge in [-0.2, -0.15) is 0 Å². The fourth-order valence-corrected chi connectivity index (χ4v) is 0.573. The number of rotatable bonds is 2. The van der Waals surface area contributed by atoms with Crippen molar-refractivity contribution in [2.45, 2.75) is 6.92 Å². The third-order valence-corrected chi connectivity index (χ3v) is 1.02.